The second-order valence-electron chi connectivity index (χ2n) is 3.71. The maximum atomic E-state index is 11.5. The summed E-state index contributed by atoms with van der Waals surface area (Å²) in [6.07, 6.45) is 1.57. The van der Waals surface area contributed by atoms with Crippen LogP contribution in [0.2, 0.25) is 0 Å². The molecule has 0 aliphatic heterocycles. The molecule has 2 N–H and O–H groups in total. The number of phenolic OH excluding ortho intramolecular Hbond substituents is 1. The van der Waals surface area contributed by atoms with Gasteiger partial charge in [0.25, 0.3) is 5.56 Å². The molecular formula is C13H10N2O2. The van der Waals surface area contributed by atoms with Gasteiger partial charge in [0.05, 0.1) is 0 Å². The normalized spacial score (nSPS) is 9.88. The number of nitrogens with one attached hydrogen (secondary N) is 1. The van der Waals surface area contributed by atoms with E-state index in [0.717, 1.165) is 11.1 Å². The quantitative estimate of drug-likeness (QED) is 0.779. The van der Waals surface area contributed by atoms with E-state index in [-0.39, 0.29) is 11.3 Å². The summed E-state index contributed by atoms with van der Waals surface area (Å²) in [4.78, 5) is 14.0. The molecule has 1 aromatic heterocycles. The summed E-state index contributed by atoms with van der Waals surface area (Å²) in [5.41, 5.74) is 1.85. The van der Waals surface area contributed by atoms with E-state index in [4.69, 9.17) is 5.26 Å². The summed E-state index contributed by atoms with van der Waals surface area (Å²) in [6, 6.07) is 8.32. The number of hydrogen-bond acceptors (Lipinski definition) is 3. The van der Waals surface area contributed by atoms with Crippen LogP contribution in [0.4, 0.5) is 0 Å². The molecule has 0 fully saturated rings. The van der Waals surface area contributed by atoms with Gasteiger partial charge >= 0.3 is 0 Å². The van der Waals surface area contributed by atoms with Crippen molar-refractivity contribution in [3.8, 4) is 22.9 Å². The molecule has 1 heterocycles. The molecule has 0 saturated heterocycles. The van der Waals surface area contributed by atoms with Crippen LogP contribution in [0.15, 0.2) is 35.3 Å². The van der Waals surface area contributed by atoms with Gasteiger partial charge in [0.15, 0.2) is 0 Å². The van der Waals surface area contributed by atoms with Crippen molar-refractivity contribution in [1.82, 2.24) is 4.98 Å². The zero-order chi connectivity index (χ0) is 12.4. The number of aromatic nitrogens is 1. The Hall–Kier alpha value is -2.54. The maximum Gasteiger partial charge on any atom is 0.266 e. The fourth-order valence-corrected chi connectivity index (χ4v) is 1.74. The van der Waals surface area contributed by atoms with Gasteiger partial charge in [-0.1, -0.05) is 12.1 Å². The van der Waals surface area contributed by atoms with E-state index in [1.807, 2.05) is 13.0 Å². The first-order chi connectivity index (χ1) is 8.13. The standard InChI is InChI=1S/C13H10N2O2/c1-8-7-15-13(17)11(6-14)12(8)9-2-4-10(16)5-3-9/h2-5,7,16H,1H3,(H,15,17). The van der Waals surface area contributed by atoms with Crippen LogP contribution in [-0.4, -0.2) is 10.1 Å². The third kappa shape index (κ3) is 1.91. The fourth-order valence-electron chi connectivity index (χ4n) is 1.74. The van der Waals surface area contributed by atoms with Crippen molar-refractivity contribution in [3.63, 3.8) is 0 Å². The van der Waals surface area contributed by atoms with Crippen molar-refractivity contribution < 1.29 is 5.11 Å². The maximum absolute atomic E-state index is 11.5. The largest absolute Gasteiger partial charge is 0.508 e. The zero-order valence-corrected chi connectivity index (χ0v) is 9.19. The van der Waals surface area contributed by atoms with Gasteiger partial charge in [0, 0.05) is 11.8 Å². The Bertz CT molecular complexity index is 649. The van der Waals surface area contributed by atoms with Gasteiger partial charge in [0.2, 0.25) is 0 Å². The van der Waals surface area contributed by atoms with Crippen LogP contribution in [0.5, 0.6) is 5.75 Å². The number of H-pyrrole nitrogens is 1. The van der Waals surface area contributed by atoms with E-state index in [1.165, 1.54) is 12.1 Å². The minimum absolute atomic E-state index is 0.0932. The molecule has 0 atom stereocenters. The van der Waals surface area contributed by atoms with Crippen LogP contribution >= 0.6 is 0 Å². The Labute approximate surface area is 97.8 Å². The molecule has 0 amide bonds. The van der Waals surface area contributed by atoms with E-state index in [2.05, 4.69) is 4.98 Å². The number of aromatic amines is 1. The first-order valence-corrected chi connectivity index (χ1v) is 5.05. The lowest BCUT2D eigenvalue weighted by molar-refractivity contribution is 0.475. The first kappa shape index (κ1) is 11.0. The minimum atomic E-state index is -0.402. The molecule has 2 rings (SSSR count). The average molecular weight is 226 g/mol. The third-order valence-electron chi connectivity index (χ3n) is 2.56. The highest BCUT2D eigenvalue weighted by molar-refractivity contribution is 5.73. The summed E-state index contributed by atoms with van der Waals surface area (Å²) in [7, 11) is 0. The molecule has 0 spiro atoms. The lowest BCUT2D eigenvalue weighted by Crippen LogP contribution is -2.12. The van der Waals surface area contributed by atoms with Crippen molar-refractivity contribution in [2.24, 2.45) is 0 Å². The number of rotatable bonds is 1. The Morgan fingerprint density at radius 3 is 2.53 bits per heavy atom. The topological polar surface area (TPSA) is 76.9 Å². The Balaban J connectivity index is 2.75. The number of phenols is 1. The average Bonchev–Trinajstić information content (AvgIpc) is 2.33. The van der Waals surface area contributed by atoms with Crippen LogP contribution in [0.25, 0.3) is 11.1 Å². The molecule has 0 unspecified atom stereocenters. The van der Waals surface area contributed by atoms with Crippen LogP contribution < -0.4 is 5.56 Å². The van der Waals surface area contributed by atoms with Crippen LogP contribution in [0, 0.1) is 18.3 Å². The number of nitriles is 1. The van der Waals surface area contributed by atoms with E-state index in [9.17, 15) is 9.90 Å². The van der Waals surface area contributed by atoms with Crippen LogP contribution in [-0.2, 0) is 0 Å². The number of benzene rings is 1. The van der Waals surface area contributed by atoms with Gasteiger partial charge in [-0.05, 0) is 30.2 Å². The Kier molecular flexibility index (Phi) is 2.67. The molecule has 17 heavy (non-hydrogen) atoms. The molecule has 0 aliphatic carbocycles. The van der Waals surface area contributed by atoms with Gasteiger partial charge in [-0.15, -0.1) is 0 Å². The molecule has 0 bridgehead atoms. The van der Waals surface area contributed by atoms with Crippen molar-refractivity contribution in [1.29, 1.82) is 5.26 Å². The molecule has 4 heteroatoms. The van der Waals surface area contributed by atoms with Gasteiger partial charge < -0.3 is 10.1 Å². The van der Waals surface area contributed by atoms with E-state index < -0.39 is 5.56 Å². The molecule has 84 valence electrons. The van der Waals surface area contributed by atoms with Crippen molar-refractivity contribution in [3.05, 3.63) is 51.9 Å². The van der Waals surface area contributed by atoms with E-state index in [1.54, 1.807) is 18.3 Å². The molecule has 0 aliphatic rings. The molecule has 0 radical (unpaired) electrons. The third-order valence-corrected chi connectivity index (χ3v) is 2.56. The highest BCUT2D eigenvalue weighted by atomic mass is 16.3. The number of aryl methyl sites for hydroxylation is 1. The number of pyridine rings is 1. The SMILES string of the molecule is Cc1c[nH]c(=O)c(C#N)c1-c1ccc(O)cc1. The molecule has 0 saturated carbocycles. The number of nitrogens with zero attached hydrogens (tertiary/aromatic N) is 1. The molecule has 4 nitrogen and oxygen atoms in total. The van der Waals surface area contributed by atoms with Crippen LogP contribution in [0.3, 0.4) is 0 Å². The van der Waals surface area contributed by atoms with Crippen LogP contribution in [0.1, 0.15) is 11.1 Å². The van der Waals surface area contributed by atoms with E-state index in [0.29, 0.717) is 5.56 Å². The van der Waals surface area contributed by atoms with Crippen molar-refractivity contribution in [2.45, 2.75) is 6.92 Å². The number of hydrogen-bond donors (Lipinski definition) is 2. The van der Waals surface area contributed by atoms with E-state index >= 15 is 0 Å². The number of aromatic hydroxyl groups is 1. The molecule has 2 aromatic rings. The Morgan fingerprint density at radius 2 is 1.94 bits per heavy atom. The predicted octanol–water partition coefficient (Wildman–Crippen LogP) is 1.93. The smallest absolute Gasteiger partial charge is 0.266 e. The summed E-state index contributed by atoms with van der Waals surface area (Å²) >= 11 is 0. The summed E-state index contributed by atoms with van der Waals surface area (Å²) in [5, 5.41) is 18.2. The first-order valence-electron chi connectivity index (χ1n) is 5.05. The lowest BCUT2D eigenvalue weighted by Gasteiger charge is -2.07. The second-order valence-corrected chi connectivity index (χ2v) is 3.71. The monoisotopic (exact) mass is 226 g/mol. The van der Waals surface area contributed by atoms with Gasteiger partial charge in [-0.3, -0.25) is 4.79 Å². The fraction of sp³-hybridized carbons (Fsp3) is 0.0769. The predicted molar refractivity (Wildman–Crippen MR) is 63.6 cm³/mol. The summed E-state index contributed by atoms with van der Waals surface area (Å²) in [6.45, 7) is 1.82. The van der Waals surface area contributed by atoms with Crippen molar-refractivity contribution >= 4 is 0 Å². The summed E-state index contributed by atoms with van der Waals surface area (Å²) in [5.74, 6) is 0.148. The Morgan fingerprint density at radius 1 is 1.29 bits per heavy atom. The van der Waals surface area contributed by atoms with Gasteiger partial charge in [0.1, 0.15) is 17.4 Å². The van der Waals surface area contributed by atoms with Crippen molar-refractivity contribution in [2.75, 3.05) is 0 Å². The highest BCUT2D eigenvalue weighted by Crippen LogP contribution is 2.26. The van der Waals surface area contributed by atoms with Gasteiger partial charge in [-0.2, -0.15) is 5.26 Å². The molecule has 1 aromatic carbocycles. The lowest BCUT2D eigenvalue weighted by atomic mass is 9.98. The highest BCUT2D eigenvalue weighted by Gasteiger charge is 2.11. The minimum Gasteiger partial charge on any atom is -0.508 e. The second kappa shape index (κ2) is 4.14. The van der Waals surface area contributed by atoms with Gasteiger partial charge in [-0.25, -0.2) is 0 Å². The zero-order valence-electron chi connectivity index (χ0n) is 9.19. The molecular weight excluding hydrogens is 216 g/mol. The summed E-state index contributed by atoms with van der Waals surface area (Å²) < 4.78 is 0.